The van der Waals surface area contributed by atoms with Crippen LogP contribution in [0, 0.1) is 6.92 Å². The minimum atomic E-state index is 0.131. The highest BCUT2D eigenvalue weighted by Crippen LogP contribution is 2.23. The standard InChI is InChI=1S/C24H31Cl2NO/c1-4-7-21(9-6-5-8-19-12-13-23(25)24(26)15-19)27-16-20-11-10-17(2)22(14-20)18(3)28/h10-15,21,27H,4-9,16H2,1-3H3. The van der Waals surface area contributed by atoms with Gasteiger partial charge in [0.2, 0.25) is 0 Å². The van der Waals surface area contributed by atoms with Crippen LogP contribution in [-0.2, 0) is 13.0 Å². The molecule has 2 aromatic rings. The fourth-order valence-corrected chi connectivity index (χ4v) is 3.85. The van der Waals surface area contributed by atoms with E-state index in [0.29, 0.717) is 16.1 Å². The highest BCUT2D eigenvalue weighted by molar-refractivity contribution is 6.42. The number of benzene rings is 2. The van der Waals surface area contributed by atoms with Gasteiger partial charge in [-0.1, -0.05) is 61.2 Å². The minimum Gasteiger partial charge on any atom is -0.310 e. The van der Waals surface area contributed by atoms with Gasteiger partial charge in [0.25, 0.3) is 0 Å². The molecule has 0 aliphatic carbocycles. The summed E-state index contributed by atoms with van der Waals surface area (Å²) in [6, 6.07) is 12.6. The quantitative estimate of drug-likeness (QED) is 0.308. The van der Waals surface area contributed by atoms with Gasteiger partial charge in [-0.2, -0.15) is 0 Å². The van der Waals surface area contributed by atoms with Crippen molar-refractivity contribution in [2.24, 2.45) is 0 Å². The maximum Gasteiger partial charge on any atom is 0.160 e. The monoisotopic (exact) mass is 419 g/mol. The SMILES string of the molecule is CCCC(CCCCc1ccc(Cl)c(Cl)c1)NCc1ccc(C)c(C(C)=O)c1. The summed E-state index contributed by atoms with van der Waals surface area (Å²) in [4.78, 5) is 11.8. The fourth-order valence-electron chi connectivity index (χ4n) is 3.53. The second-order valence-corrected chi connectivity index (χ2v) is 8.38. The summed E-state index contributed by atoms with van der Waals surface area (Å²) in [5.41, 5.74) is 4.29. The molecule has 0 amide bonds. The van der Waals surface area contributed by atoms with E-state index in [1.165, 1.54) is 17.5 Å². The molecule has 0 saturated carbocycles. The van der Waals surface area contributed by atoms with Crippen LogP contribution in [0.3, 0.4) is 0 Å². The number of carbonyl (C=O) groups excluding carboxylic acids is 1. The molecule has 152 valence electrons. The van der Waals surface area contributed by atoms with Crippen molar-refractivity contribution in [2.45, 2.75) is 71.9 Å². The highest BCUT2D eigenvalue weighted by Gasteiger charge is 2.09. The van der Waals surface area contributed by atoms with Gasteiger partial charge >= 0.3 is 0 Å². The lowest BCUT2D eigenvalue weighted by Crippen LogP contribution is -2.28. The van der Waals surface area contributed by atoms with Gasteiger partial charge in [-0.15, -0.1) is 0 Å². The number of hydrogen-bond donors (Lipinski definition) is 1. The first-order valence-corrected chi connectivity index (χ1v) is 10.9. The number of nitrogens with one attached hydrogen (secondary N) is 1. The number of halogens is 2. The van der Waals surface area contributed by atoms with Crippen molar-refractivity contribution >= 4 is 29.0 Å². The van der Waals surface area contributed by atoms with E-state index in [4.69, 9.17) is 23.2 Å². The molecule has 2 rings (SSSR count). The van der Waals surface area contributed by atoms with Crippen molar-refractivity contribution in [3.05, 3.63) is 68.7 Å². The van der Waals surface area contributed by atoms with Crippen molar-refractivity contribution in [3.8, 4) is 0 Å². The minimum absolute atomic E-state index is 0.131. The van der Waals surface area contributed by atoms with Crippen molar-refractivity contribution in [1.29, 1.82) is 0 Å². The number of Topliss-reactive ketones (excluding diaryl/α,β-unsaturated/α-hetero) is 1. The van der Waals surface area contributed by atoms with E-state index in [9.17, 15) is 4.79 Å². The van der Waals surface area contributed by atoms with Gasteiger partial charge in [0.15, 0.2) is 5.78 Å². The van der Waals surface area contributed by atoms with Gasteiger partial charge in [-0.3, -0.25) is 4.79 Å². The highest BCUT2D eigenvalue weighted by atomic mass is 35.5. The molecule has 0 fully saturated rings. The lowest BCUT2D eigenvalue weighted by atomic mass is 10.00. The molecular weight excluding hydrogens is 389 g/mol. The van der Waals surface area contributed by atoms with Crippen molar-refractivity contribution in [3.63, 3.8) is 0 Å². The molecule has 0 heterocycles. The molecule has 0 spiro atoms. The van der Waals surface area contributed by atoms with Crippen LogP contribution in [0.1, 0.15) is 73.0 Å². The van der Waals surface area contributed by atoms with Crippen LogP contribution in [0.2, 0.25) is 10.0 Å². The third-order valence-electron chi connectivity index (χ3n) is 5.17. The first kappa shape index (κ1) is 22.9. The molecule has 28 heavy (non-hydrogen) atoms. The van der Waals surface area contributed by atoms with Crippen LogP contribution in [0.25, 0.3) is 0 Å². The largest absolute Gasteiger partial charge is 0.310 e. The molecule has 0 bridgehead atoms. The fraction of sp³-hybridized carbons (Fsp3) is 0.458. The van der Waals surface area contributed by atoms with Crippen LogP contribution in [-0.4, -0.2) is 11.8 Å². The van der Waals surface area contributed by atoms with Crippen molar-refractivity contribution in [1.82, 2.24) is 5.32 Å². The maximum atomic E-state index is 11.8. The van der Waals surface area contributed by atoms with Crippen LogP contribution >= 0.6 is 23.2 Å². The average molecular weight is 420 g/mol. The zero-order valence-corrected chi connectivity index (χ0v) is 18.7. The van der Waals surface area contributed by atoms with Gasteiger partial charge in [0.05, 0.1) is 10.0 Å². The molecule has 0 aromatic heterocycles. The first-order chi connectivity index (χ1) is 13.4. The Balaban J connectivity index is 1.82. The molecule has 0 aliphatic rings. The summed E-state index contributed by atoms with van der Waals surface area (Å²) in [5.74, 6) is 0.131. The summed E-state index contributed by atoms with van der Waals surface area (Å²) in [7, 11) is 0. The Hall–Kier alpha value is -1.35. The Labute approximate surface area is 179 Å². The van der Waals surface area contributed by atoms with Gasteiger partial charge in [-0.05, 0) is 74.4 Å². The van der Waals surface area contributed by atoms with E-state index in [2.05, 4.69) is 24.4 Å². The average Bonchev–Trinajstić information content (AvgIpc) is 2.66. The Morgan fingerprint density at radius 2 is 1.75 bits per heavy atom. The normalized spacial score (nSPS) is 12.2. The molecule has 2 nitrogen and oxygen atoms in total. The summed E-state index contributed by atoms with van der Waals surface area (Å²) >= 11 is 12.1. The molecule has 1 atom stereocenters. The van der Waals surface area contributed by atoms with E-state index in [1.807, 2.05) is 31.2 Å². The molecule has 1 unspecified atom stereocenters. The summed E-state index contributed by atoms with van der Waals surface area (Å²) in [6.45, 7) is 6.65. The number of unbranched alkanes of at least 4 members (excludes halogenated alkanes) is 1. The predicted molar refractivity (Wildman–Crippen MR) is 121 cm³/mol. The van der Waals surface area contributed by atoms with Crippen LogP contribution < -0.4 is 5.32 Å². The zero-order chi connectivity index (χ0) is 20.5. The molecule has 0 aliphatic heterocycles. The predicted octanol–water partition coefficient (Wildman–Crippen LogP) is 7.18. The summed E-state index contributed by atoms with van der Waals surface area (Å²) in [5, 5.41) is 4.93. The molecule has 4 heteroatoms. The second kappa shape index (κ2) is 11.6. The number of aryl methyl sites for hydroxylation is 2. The van der Waals surface area contributed by atoms with Gasteiger partial charge < -0.3 is 5.32 Å². The van der Waals surface area contributed by atoms with Crippen LogP contribution in [0.5, 0.6) is 0 Å². The smallest absolute Gasteiger partial charge is 0.160 e. The molecular formula is C24H31Cl2NO. The Morgan fingerprint density at radius 1 is 1.00 bits per heavy atom. The van der Waals surface area contributed by atoms with Crippen LogP contribution in [0.4, 0.5) is 0 Å². The molecule has 1 N–H and O–H groups in total. The lowest BCUT2D eigenvalue weighted by molar-refractivity contribution is 0.101. The third kappa shape index (κ3) is 7.24. The van der Waals surface area contributed by atoms with Gasteiger partial charge in [0, 0.05) is 18.2 Å². The second-order valence-electron chi connectivity index (χ2n) is 7.57. The van der Waals surface area contributed by atoms with E-state index in [0.717, 1.165) is 49.8 Å². The summed E-state index contributed by atoms with van der Waals surface area (Å²) < 4.78 is 0. The zero-order valence-electron chi connectivity index (χ0n) is 17.2. The topological polar surface area (TPSA) is 29.1 Å². The number of hydrogen-bond acceptors (Lipinski definition) is 2. The van der Waals surface area contributed by atoms with E-state index in [-0.39, 0.29) is 5.78 Å². The van der Waals surface area contributed by atoms with E-state index >= 15 is 0 Å². The molecule has 0 saturated heterocycles. The third-order valence-corrected chi connectivity index (χ3v) is 5.90. The Kier molecular flexibility index (Phi) is 9.50. The first-order valence-electron chi connectivity index (χ1n) is 10.2. The molecule has 2 aromatic carbocycles. The van der Waals surface area contributed by atoms with Crippen LogP contribution in [0.15, 0.2) is 36.4 Å². The number of rotatable bonds is 11. The lowest BCUT2D eigenvalue weighted by Gasteiger charge is -2.19. The number of ketones is 1. The molecule has 0 radical (unpaired) electrons. The van der Waals surface area contributed by atoms with Crippen molar-refractivity contribution < 1.29 is 4.79 Å². The Bertz CT molecular complexity index is 788. The summed E-state index contributed by atoms with van der Waals surface area (Å²) in [6.07, 6.45) is 6.81. The van der Waals surface area contributed by atoms with Crippen molar-refractivity contribution in [2.75, 3.05) is 0 Å². The van der Waals surface area contributed by atoms with Gasteiger partial charge in [-0.25, -0.2) is 0 Å². The maximum absolute atomic E-state index is 11.8. The van der Waals surface area contributed by atoms with E-state index in [1.54, 1.807) is 6.92 Å². The van der Waals surface area contributed by atoms with Gasteiger partial charge in [0.1, 0.15) is 0 Å². The number of carbonyl (C=O) groups is 1. The Morgan fingerprint density at radius 3 is 2.43 bits per heavy atom. The van der Waals surface area contributed by atoms with E-state index < -0.39 is 0 Å².